The van der Waals surface area contributed by atoms with Gasteiger partial charge < -0.3 is 10.2 Å². The van der Waals surface area contributed by atoms with Crippen molar-refractivity contribution in [1.82, 2.24) is 10.3 Å². The van der Waals surface area contributed by atoms with Crippen LogP contribution >= 0.6 is 0 Å². The molecule has 1 aromatic carbocycles. The van der Waals surface area contributed by atoms with Gasteiger partial charge in [0.2, 0.25) is 15.9 Å². The summed E-state index contributed by atoms with van der Waals surface area (Å²) < 4.78 is 40.3. The Balaban J connectivity index is 1.80. The molecule has 0 saturated carbocycles. The molecule has 2 aromatic rings. The zero-order valence-electron chi connectivity index (χ0n) is 17.2. The van der Waals surface area contributed by atoms with Crippen LogP contribution in [0.25, 0.3) is 0 Å². The Kier molecular flexibility index (Phi) is 6.91. The zero-order valence-corrected chi connectivity index (χ0v) is 18.0. The van der Waals surface area contributed by atoms with Crippen LogP contribution in [0.5, 0.6) is 0 Å². The van der Waals surface area contributed by atoms with Gasteiger partial charge in [-0.1, -0.05) is 19.1 Å². The number of sulfonamides is 1. The zero-order chi connectivity index (χ0) is 21.7. The van der Waals surface area contributed by atoms with Crippen molar-refractivity contribution in [2.24, 2.45) is 0 Å². The Morgan fingerprint density at radius 2 is 2.00 bits per heavy atom. The van der Waals surface area contributed by atoms with Crippen molar-refractivity contribution in [3.05, 3.63) is 54.0 Å². The van der Waals surface area contributed by atoms with Crippen molar-refractivity contribution >= 4 is 27.4 Å². The lowest BCUT2D eigenvalue weighted by Crippen LogP contribution is -2.35. The molecule has 2 heterocycles. The van der Waals surface area contributed by atoms with Crippen molar-refractivity contribution in [2.45, 2.75) is 39.3 Å². The minimum atomic E-state index is -3.55. The van der Waals surface area contributed by atoms with Crippen molar-refractivity contribution in [3.63, 3.8) is 0 Å². The number of carbonyl (C=O) groups is 1. The lowest BCUT2D eigenvalue weighted by atomic mass is 10.2. The van der Waals surface area contributed by atoms with E-state index >= 15 is 0 Å². The van der Waals surface area contributed by atoms with E-state index in [-0.39, 0.29) is 30.1 Å². The van der Waals surface area contributed by atoms with E-state index in [1.54, 1.807) is 30.5 Å². The number of hydrogen-bond acceptors (Lipinski definition) is 5. The van der Waals surface area contributed by atoms with Crippen LogP contribution in [0.3, 0.4) is 0 Å². The predicted molar refractivity (Wildman–Crippen MR) is 115 cm³/mol. The maximum Gasteiger partial charge on any atom is 0.235 e. The van der Waals surface area contributed by atoms with E-state index in [1.165, 1.54) is 23.4 Å². The van der Waals surface area contributed by atoms with Crippen LogP contribution in [0.2, 0.25) is 0 Å². The largest absolute Gasteiger partial charge is 0.354 e. The van der Waals surface area contributed by atoms with Crippen LogP contribution in [0.15, 0.2) is 42.6 Å². The van der Waals surface area contributed by atoms with Gasteiger partial charge in [-0.15, -0.1) is 0 Å². The molecule has 0 bridgehead atoms. The number of carbonyl (C=O) groups excluding carboxylic acids is 1. The van der Waals surface area contributed by atoms with Crippen LogP contribution < -0.4 is 14.5 Å². The van der Waals surface area contributed by atoms with E-state index in [1.807, 2.05) is 6.92 Å². The van der Waals surface area contributed by atoms with Gasteiger partial charge in [-0.2, -0.15) is 0 Å². The lowest BCUT2D eigenvalue weighted by Gasteiger charge is -2.25. The molecule has 1 amide bonds. The van der Waals surface area contributed by atoms with Gasteiger partial charge in [0.05, 0.1) is 24.2 Å². The molecule has 9 heteroatoms. The van der Waals surface area contributed by atoms with E-state index in [9.17, 15) is 17.6 Å². The summed E-state index contributed by atoms with van der Waals surface area (Å²) in [5.74, 6) is 0.334. The average molecular weight is 435 g/mol. The number of pyridine rings is 1. The molecule has 30 heavy (non-hydrogen) atoms. The number of aromatic nitrogens is 1. The second-order valence-corrected chi connectivity index (χ2v) is 9.47. The summed E-state index contributed by atoms with van der Waals surface area (Å²) in [6.07, 6.45) is 2.88. The predicted octanol–water partition coefficient (Wildman–Crippen LogP) is 2.68. The third-order valence-corrected chi connectivity index (χ3v) is 6.91. The maximum atomic E-state index is 13.2. The quantitative estimate of drug-likeness (QED) is 0.691. The first kappa shape index (κ1) is 22.0. The van der Waals surface area contributed by atoms with Gasteiger partial charge in [0.1, 0.15) is 11.6 Å². The number of nitrogens with one attached hydrogen (secondary N) is 1. The van der Waals surface area contributed by atoms with E-state index < -0.39 is 10.0 Å². The fourth-order valence-electron chi connectivity index (χ4n) is 3.56. The van der Waals surface area contributed by atoms with E-state index in [2.05, 4.69) is 15.2 Å². The fourth-order valence-corrected chi connectivity index (χ4v) is 5.07. The highest BCUT2D eigenvalue weighted by Crippen LogP contribution is 2.25. The van der Waals surface area contributed by atoms with E-state index in [4.69, 9.17) is 0 Å². The highest BCUT2D eigenvalue weighted by Gasteiger charge is 2.26. The average Bonchev–Trinajstić information content (AvgIpc) is 3.15. The van der Waals surface area contributed by atoms with Gasteiger partial charge >= 0.3 is 0 Å². The standard InChI is InChI=1S/C21H27FN4O3S/c1-3-12-30(28,29)26(14-17-4-6-18(22)7-5-17)20-8-9-21(23-13-20)25-11-10-19(15-25)24-16(2)27/h4-9,13,19H,3,10-12,14-15H2,1-2H3,(H,24,27). The molecular weight excluding hydrogens is 407 g/mol. The summed E-state index contributed by atoms with van der Waals surface area (Å²) >= 11 is 0. The molecule has 7 nitrogen and oxygen atoms in total. The number of hydrogen-bond donors (Lipinski definition) is 1. The highest BCUT2D eigenvalue weighted by molar-refractivity contribution is 7.92. The molecule has 0 aliphatic carbocycles. The SMILES string of the molecule is CCCS(=O)(=O)N(Cc1ccc(F)cc1)c1ccc(N2CCC(NC(C)=O)C2)nc1. The number of benzene rings is 1. The highest BCUT2D eigenvalue weighted by atomic mass is 32.2. The first-order chi connectivity index (χ1) is 14.3. The first-order valence-electron chi connectivity index (χ1n) is 10.0. The number of rotatable bonds is 8. The molecule has 1 atom stereocenters. The van der Waals surface area contributed by atoms with Crippen molar-refractivity contribution in [1.29, 1.82) is 0 Å². The molecular formula is C21H27FN4O3S. The smallest absolute Gasteiger partial charge is 0.235 e. The number of amides is 1. The minimum absolute atomic E-state index is 0.0144. The van der Waals surface area contributed by atoms with Gasteiger partial charge in [-0.05, 0) is 42.7 Å². The molecule has 1 saturated heterocycles. The molecule has 1 unspecified atom stereocenters. The van der Waals surface area contributed by atoms with Gasteiger partial charge in [0.25, 0.3) is 0 Å². The normalized spacial score (nSPS) is 16.5. The summed E-state index contributed by atoms with van der Waals surface area (Å²) in [5, 5.41) is 2.91. The van der Waals surface area contributed by atoms with Crippen molar-refractivity contribution < 1.29 is 17.6 Å². The van der Waals surface area contributed by atoms with Gasteiger partial charge in [0.15, 0.2) is 0 Å². The topological polar surface area (TPSA) is 82.6 Å². The lowest BCUT2D eigenvalue weighted by molar-refractivity contribution is -0.119. The minimum Gasteiger partial charge on any atom is -0.354 e. The number of halogens is 1. The Morgan fingerprint density at radius 1 is 1.27 bits per heavy atom. The molecule has 0 spiro atoms. The molecule has 1 aromatic heterocycles. The van der Waals surface area contributed by atoms with E-state index in [0.29, 0.717) is 24.2 Å². The van der Waals surface area contributed by atoms with Crippen molar-refractivity contribution in [3.8, 4) is 0 Å². The molecule has 1 aliphatic rings. The summed E-state index contributed by atoms with van der Waals surface area (Å²) in [6.45, 7) is 4.86. The van der Waals surface area contributed by atoms with Gasteiger partial charge in [-0.3, -0.25) is 9.10 Å². The molecule has 162 valence electrons. The van der Waals surface area contributed by atoms with E-state index in [0.717, 1.165) is 18.8 Å². The molecule has 0 radical (unpaired) electrons. The number of anilines is 2. The van der Waals surface area contributed by atoms with Crippen LogP contribution in [-0.4, -0.2) is 44.2 Å². The monoisotopic (exact) mass is 434 g/mol. The number of nitrogens with zero attached hydrogens (tertiary/aromatic N) is 3. The summed E-state index contributed by atoms with van der Waals surface area (Å²) in [4.78, 5) is 17.8. The molecule has 1 N–H and O–H groups in total. The summed E-state index contributed by atoms with van der Waals surface area (Å²) in [6, 6.07) is 9.43. The summed E-state index contributed by atoms with van der Waals surface area (Å²) in [5.41, 5.74) is 1.16. The van der Waals surface area contributed by atoms with Crippen LogP contribution in [0.4, 0.5) is 15.9 Å². The third kappa shape index (κ3) is 5.47. The Labute approximate surface area is 177 Å². The second-order valence-electron chi connectivity index (χ2n) is 7.46. The first-order valence-corrected chi connectivity index (χ1v) is 11.6. The van der Waals surface area contributed by atoms with Crippen LogP contribution in [0.1, 0.15) is 32.3 Å². The van der Waals surface area contributed by atoms with Crippen molar-refractivity contribution in [2.75, 3.05) is 28.0 Å². The Morgan fingerprint density at radius 3 is 2.60 bits per heavy atom. The van der Waals surface area contributed by atoms with Gasteiger partial charge in [0, 0.05) is 26.1 Å². The molecule has 1 fully saturated rings. The molecule has 3 rings (SSSR count). The Bertz CT molecular complexity index is 965. The second kappa shape index (κ2) is 9.42. The van der Waals surface area contributed by atoms with Gasteiger partial charge in [-0.25, -0.2) is 17.8 Å². The Hall–Kier alpha value is -2.68. The molecule has 1 aliphatic heterocycles. The fraction of sp³-hybridized carbons (Fsp3) is 0.429. The van der Waals surface area contributed by atoms with Crippen LogP contribution in [-0.2, 0) is 21.4 Å². The summed E-state index contributed by atoms with van der Waals surface area (Å²) in [7, 11) is -3.55. The third-order valence-electron chi connectivity index (χ3n) is 4.98. The maximum absolute atomic E-state index is 13.2. The van der Waals surface area contributed by atoms with Crippen LogP contribution in [0, 0.1) is 5.82 Å².